The van der Waals surface area contributed by atoms with Crippen molar-refractivity contribution in [2.45, 2.75) is 26.5 Å². The summed E-state index contributed by atoms with van der Waals surface area (Å²) in [6.45, 7) is 7.97. The summed E-state index contributed by atoms with van der Waals surface area (Å²) in [4.78, 5) is 10.8. The second-order valence-electron chi connectivity index (χ2n) is 7.70. The molecule has 0 atom stereocenters. The predicted octanol–water partition coefficient (Wildman–Crippen LogP) is 2.24. The zero-order valence-corrected chi connectivity index (χ0v) is 18.3. The van der Waals surface area contributed by atoms with Gasteiger partial charge in [-0.25, -0.2) is 23.1 Å². The van der Waals surface area contributed by atoms with Crippen molar-refractivity contribution in [3.63, 3.8) is 0 Å². The molecule has 0 aliphatic carbocycles. The molecule has 0 amide bonds. The number of rotatable bonds is 5. The van der Waals surface area contributed by atoms with Crippen molar-refractivity contribution in [3.05, 3.63) is 65.2 Å². The van der Waals surface area contributed by atoms with Gasteiger partial charge in [0.05, 0.1) is 11.4 Å². The van der Waals surface area contributed by atoms with Gasteiger partial charge >= 0.3 is 0 Å². The van der Waals surface area contributed by atoms with Gasteiger partial charge in [0, 0.05) is 37.9 Å². The average molecular weight is 427 g/mol. The van der Waals surface area contributed by atoms with Crippen molar-refractivity contribution in [2.75, 3.05) is 31.1 Å². The molecule has 1 saturated heterocycles. The highest BCUT2D eigenvalue weighted by Gasteiger charge is 2.27. The summed E-state index contributed by atoms with van der Waals surface area (Å²) < 4.78 is 29.0. The lowest BCUT2D eigenvalue weighted by Crippen LogP contribution is -2.49. The van der Waals surface area contributed by atoms with E-state index in [9.17, 15) is 8.42 Å². The molecule has 3 heterocycles. The standard InChI is InChI=1S/C21H26N6O2S/c1-16-4-6-19(7-5-16)14-30(28,29)26-10-8-25(9-11-26)20-13-21(23-15-22-20)27-18(3)12-17(2)24-27/h4-7,12-13,15H,8-11,14H2,1-3H3. The Kier molecular flexibility index (Phi) is 5.57. The van der Waals surface area contributed by atoms with E-state index in [0.717, 1.165) is 28.3 Å². The molecule has 1 aromatic carbocycles. The molecule has 0 N–H and O–H groups in total. The maximum absolute atomic E-state index is 12.8. The Morgan fingerprint density at radius 2 is 1.57 bits per heavy atom. The Hall–Kier alpha value is -2.78. The molecule has 9 heteroatoms. The van der Waals surface area contributed by atoms with Crippen LogP contribution < -0.4 is 4.90 Å². The van der Waals surface area contributed by atoms with Crippen LogP contribution in [0.5, 0.6) is 0 Å². The topological polar surface area (TPSA) is 84.2 Å². The number of sulfonamides is 1. The minimum absolute atomic E-state index is 0.0306. The second-order valence-corrected chi connectivity index (χ2v) is 9.67. The smallest absolute Gasteiger partial charge is 0.218 e. The molecule has 8 nitrogen and oxygen atoms in total. The molecule has 0 unspecified atom stereocenters. The lowest BCUT2D eigenvalue weighted by Gasteiger charge is -2.34. The quantitative estimate of drug-likeness (QED) is 0.622. The zero-order valence-electron chi connectivity index (χ0n) is 17.5. The lowest BCUT2D eigenvalue weighted by molar-refractivity contribution is 0.383. The van der Waals surface area contributed by atoms with Gasteiger partial charge in [0.2, 0.25) is 10.0 Å². The number of aryl methyl sites for hydroxylation is 3. The van der Waals surface area contributed by atoms with Crippen LogP contribution in [0, 0.1) is 20.8 Å². The van der Waals surface area contributed by atoms with Crippen molar-refractivity contribution in [2.24, 2.45) is 0 Å². The summed E-state index contributed by atoms with van der Waals surface area (Å²) in [6.07, 6.45) is 1.53. The van der Waals surface area contributed by atoms with E-state index < -0.39 is 10.0 Å². The summed E-state index contributed by atoms with van der Waals surface area (Å²) in [7, 11) is -3.35. The maximum Gasteiger partial charge on any atom is 0.218 e. The van der Waals surface area contributed by atoms with Crippen molar-refractivity contribution < 1.29 is 8.42 Å². The largest absolute Gasteiger partial charge is 0.354 e. The van der Waals surface area contributed by atoms with Gasteiger partial charge in [0.1, 0.15) is 12.1 Å². The normalized spacial score (nSPS) is 15.5. The molecule has 1 aliphatic rings. The van der Waals surface area contributed by atoms with Crippen LogP contribution in [-0.4, -0.2) is 58.7 Å². The van der Waals surface area contributed by atoms with Gasteiger partial charge in [-0.3, -0.25) is 0 Å². The van der Waals surface area contributed by atoms with E-state index in [-0.39, 0.29) is 5.75 Å². The monoisotopic (exact) mass is 426 g/mol. The first-order valence-corrected chi connectivity index (χ1v) is 11.6. The van der Waals surface area contributed by atoms with Crippen LogP contribution in [0.3, 0.4) is 0 Å². The van der Waals surface area contributed by atoms with E-state index in [1.807, 2.05) is 57.2 Å². The molecule has 30 heavy (non-hydrogen) atoms. The van der Waals surface area contributed by atoms with Gasteiger partial charge in [-0.1, -0.05) is 29.8 Å². The van der Waals surface area contributed by atoms with Gasteiger partial charge < -0.3 is 4.90 Å². The first-order valence-electron chi connectivity index (χ1n) is 9.96. The van der Waals surface area contributed by atoms with Crippen LogP contribution in [0.2, 0.25) is 0 Å². The van der Waals surface area contributed by atoms with Crippen LogP contribution in [0.4, 0.5) is 5.82 Å². The molecule has 0 saturated carbocycles. The van der Waals surface area contributed by atoms with Crippen LogP contribution in [0.1, 0.15) is 22.5 Å². The molecular formula is C21H26N6O2S. The van der Waals surface area contributed by atoms with Crippen molar-refractivity contribution in [3.8, 4) is 5.82 Å². The number of hydrogen-bond donors (Lipinski definition) is 0. The van der Waals surface area contributed by atoms with Gasteiger partial charge in [-0.15, -0.1) is 0 Å². The van der Waals surface area contributed by atoms with Crippen LogP contribution in [-0.2, 0) is 15.8 Å². The first kappa shape index (κ1) is 20.5. The zero-order chi connectivity index (χ0) is 21.3. The number of anilines is 1. The maximum atomic E-state index is 12.8. The summed E-state index contributed by atoms with van der Waals surface area (Å²) in [5.74, 6) is 1.52. The van der Waals surface area contributed by atoms with Crippen LogP contribution in [0.15, 0.2) is 42.7 Å². The van der Waals surface area contributed by atoms with E-state index in [0.29, 0.717) is 32.0 Å². The summed E-state index contributed by atoms with van der Waals surface area (Å²) in [5.41, 5.74) is 3.87. The highest BCUT2D eigenvalue weighted by atomic mass is 32.2. The van der Waals surface area contributed by atoms with Gasteiger partial charge in [-0.2, -0.15) is 9.40 Å². The molecular weight excluding hydrogens is 400 g/mol. The SMILES string of the molecule is Cc1ccc(CS(=O)(=O)N2CCN(c3cc(-n4nc(C)cc4C)ncn3)CC2)cc1. The highest BCUT2D eigenvalue weighted by Crippen LogP contribution is 2.20. The lowest BCUT2D eigenvalue weighted by atomic mass is 10.2. The molecule has 2 aromatic heterocycles. The Labute approximate surface area is 177 Å². The molecule has 1 fully saturated rings. The second kappa shape index (κ2) is 8.16. The van der Waals surface area contributed by atoms with Gasteiger partial charge in [0.25, 0.3) is 0 Å². The van der Waals surface area contributed by atoms with E-state index in [1.54, 1.807) is 8.99 Å². The molecule has 3 aromatic rings. The molecule has 0 radical (unpaired) electrons. The van der Waals surface area contributed by atoms with E-state index in [2.05, 4.69) is 20.0 Å². The summed E-state index contributed by atoms with van der Waals surface area (Å²) in [5, 5.41) is 4.48. The van der Waals surface area contributed by atoms with Crippen molar-refractivity contribution >= 4 is 15.8 Å². The number of hydrogen-bond acceptors (Lipinski definition) is 6. The van der Waals surface area contributed by atoms with Gasteiger partial charge in [0.15, 0.2) is 5.82 Å². The number of aromatic nitrogens is 4. The van der Waals surface area contributed by atoms with Crippen molar-refractivity contribution in [1.29, 1.82) is 0 Å². The number of nitrogens with zero attached hydrogens (tertiary/aromatic N) is 6. The van der Waals surface area contributed by atoms with E-state index in [4.69, 9.17) is 0 Å². The predicted molar refractivity (Wildman–Crippen MR) is 116 cm³/mol. The fourth-order valence-corrected chi connectivity index (χ4v) is 5.18. The van der Waals surface area contributed by atoms with Crippen molar-refractivity contribution in [1.82, 2.24) is 24.1 Å². The third-order valence-electron chi connectivity index (χ3n) is 5.29. The minimum Gasteiger partial charge on any atom is -0.354 e. The summed E-state index contributed by atoms with van der Waals surface area (Å²) >= 11 is 0. The Morgan fingerprint density at radius 3 is 2.20 bits per heavy atom. The van der Waals surface area contributed by atoms with Crippen LogP contribution in [0.25, 0.3) is 5.82 Å². The first-order chi connectivity index (χ1) is 14.3. The average Bonchev–Trinajstić information content (AvgIpc) is 3.08. The van der Waals surface area contributed by atoms with Crippen LogP contribution >= 0.6 is 0 Å². The van der Waals surface area contributed by atoms with Gasteiger partial charge in [-0.05, 0) is 32.4 Å². The Morgan fingerprint density at radius 1 is 0.900 bits per heavy atom. The highest BCUT2D eigenvalue weighted by molar-refractivity contribution is 7.88. The Bertz CT molecular complexity index is 1130. The minimum atomic E-state index is -3.35. The fourth-order valence-electron chi connectivity index (χ4n) is 3.67. The summed E-state index contributed by atoms with van der Waals surface area (Å²) in [6, 6.07) is 11.5. The number of benzene rings is 1. The number of piperazine rings is 1. The molecule has 1 aliphatic heterocycles. The molecule has 4 rings (SSSR count). The molecule has 158 valence electrons. The third kappa shape index (κ3) is 4.36. The molecule has 0 bridgehead atoms. The molecule has 0 spiro atoms. The fraction of sp³-hybridized carbons (Fsp3) is 0.381. The third-order valence-corrected chi connectivity index (χ3v) is 7.14. The Balaban J connectivity index is 1.44. The van der Waals surface area contributed by atoms with E-state index >= 15 is 0 Å². The van der Waals surface area contributed by atoms with E-state index in [1.165, 1.54) is 6.33 Å².